The molecule has 1 unspecified atom stereocenters. The lowest BCUT2D eigenvalue weighted by molar-refractivity contribution is 0.210. The summed E-state index contributed by atoms with van der Waals surface area (Å²) in [5.41, 5.74) is 1.60. The largest absolute Gasteiger partial charge is 0.380 e. The Kier molecular flexibility index (Phi) is 3.76. The van der Waals surface area contributed by atoms with Crippen molar-refractivity contribution in [3.63, 3.8) is 0 Å². The van der Waals surface area contributed by atoms with Crippen LogP contribution in [0.4, 0.5) is 16.0 Å². The fraction of sp³-hybridized carbons (Fsp3) is 0.105. The third-order valence-corrected chi connectivity index (χ3v) is 3.89. The van der Waals surface area contributed by atoms with Gasteiger partial charge in [-0.2, -0.15) is 5.10 Å². The summed E-state index contributed by atoms with van der Waals surface area (Å²) in [6, 6.07) is 14.1. The van der Waals surface area contributed by atoms with E-state index in [1.165, 1.54) is 24.3 Å². The molecule has 0 aliphatic carbocycles. The molecule has 130 valence electrons. The van der Waals surface area contributed by atoms with Gasteiger partial charge in [0.05, 0.1) is 6.89 Å². The number of para-hydroxylation sites is 1. The first-order valence-corrected chi connectivity index (χ1v) is 7.98. The van der Waals surface area contributed by atoms with E-state index < -0.39 is 11.9 Å². The molecule has 0 spiro atoms. The predicted octanol–water partition coefficient (Wildman–Crippen LogP) is 3.63. The lowest BCUT2D eigenvalue weighted by Gasteiger charge is -2.13. The average Bonchev–Trinajstić information content (AvgIpc) is 3.07. The second-order valence-electron chi connectivity index (χ2n) is 5.83. The molecule has 6 nitrogen and oxygen atoms in total. The number of hydrogen-bond acceptors (Lipinski definition) is 5. The molecule has 2 heterocycles. The number of aliphatic hydroxyl groups is 1. The molecule has 1 atom stereocenters. The highest BCUT2D eigenvalue weighted by Crippen LogP contribution is 2.27. The van der Waals surface area contributed by atoms with E-state index in [9.17, 15) is 9.50 Å². The minimum absolute atomic E-state index is 0.123. The fourth-order valence-electron chi connectivity index (χ4n) is 2.62. The first-order chi connectivity index (χ1) is 12.9. The molecular formula is C19H16FN5O. The quantitative estimate of drug-likeness (QED) is 0.523. The second-order valence-corrected chi connectivity index (χ2v) is 5.83. The molecule has 0 saturated carbocycles. The van der Waals surface area contributed by atoms with E-state index in [0.717, 1.165) is 11.1 Å². The van der Waals surface area contributed by atoms with Crippen LogP contribution in [0.15, 0.2) is 54.6 Å². The lowest BCUT2D eigenvalue weighted by Crippen LogP contribution is -2.08. The highest BCUT2D eigenvalue weighted by Gasteiger charge is 2.17. The van der Waals surface area contributed by atoms with Crippen molar-refractivity contribution >= 4 is 22.5 Å². The van der Waals surface area contributed by atoms with Crippen molar-refractivity contribution in [2.24, 2.45) is 0 Å². The van der Waals surface area contributed by atoms with Crippen LogP contribution >= 0.6 is 0 Å². The third kappa shape index (κ3) is 3.12. The predicted molar refractivity (Wildman–Crippen MR) is 96.6 cm³/mol. The van der Waals surface area contributed by atoms with Crippen molar-refractivity contribution in [1.82, 2.24) is 20.2 Å². The first kappa shape index (κ1) is 15.0. The number of aryl methyl sites for hydroxylation is 1. The Balaban J connectivity index is 1.84. The van der Waals surface area contributed by atoms with Gasteiger partial charge in [0.15, 0.2) is 11.6 Å². The van der Waals surface area contributed by atoms with E-state index in [1.54, 1.807) is 6.07 Å². The summed E-state index contributed by atoms with van der Waals surface area (Å²) in [6.45, 7) is 1.87. The molecule has 26 heavy (non-hydrogen) atoms. The molecule has 0 aliphatic heterocycles. The Labute approximate surface area is 150 Å². The summed E-state index contributed by atoms with van der Waals surface area (Å²) in [7, 11) is 0. The molecule has 0 radical (unpaired) electrons. The van der Waals surface area contributed by atoms with Crippen LogP contribution in [-0.4, -0.2) is 25.3 Å². The van der Waals surface area contributed by atoms with E-state index in [1.807, 2.05) is 31.2 Å². The number of nitrogens with zero attached hydrogens (tertiary/aromatic N) is 3. The molecule has 0 bridgehead atoms. The van der Waals surface area contributed by atoms with Gasteiger partial charge < -0.3 is 10.4 Å². The van der Waals surface area contributed by atoms with Crippen molar-refractivity contribution in [3.05, 3.63) is 77.5 Å². The summed E-state index contributed by atoms with van der Waals surface area (Å²) in [6.07, 6.45) is -2.24. The van der Waals surface area contributed by atoms with Crippen molar-refractivity contribution in [3.8, 4) is 0 Å². The number of rotatable bonds is 4. The lowest BCUT2D eigenvalue weighted by atomic mass is 10.1. The van der Waals surface area contributed by atoms with E-state index in [-0.39, 0.29) is 11.4 Å². The van der Waals surface area contributed by atoms with Crippen LogP contribution in [0.3, 0.4) is 0 Å². The maximum absolute atomic E-state index is 13.2. The fourth-order valence-corrected chi connectivity index (χ4v) is 2.62. The molecule has 2 aromatic heterocycles. The molecule has 0 amide bonds. The highest BCUT2D eigenvalue weighted by atomic mass is 19.1. The van der Waals surface area contributed by atoms with Crippen LogP contribution in [0.2, 0.25) is 0 Å². The minimum atomic E-state index is -2.24. The van der Waals surface area contributed by atoms with Gasteiger partial charge in [-0.05, 0) is 36.8 Å². The van der Waals surface area contributed by atoms with Crippen LogP contribution < -0.4 is 5.32 Å². The van der Waals surface area contributed by atoms with Crippen LogP contribution in [-0.2, 0) is 0 Å². The number of halogens is 1. The zero-order chi connectivity index (χ0) is 19.0. The zero-order valence-electron chi connectivity index (χ0n) is 14.9. The van der Waals surface area contributed by atoms with Gasteiger partial charge in [0.2, 0.25) is 0 Å². The number of benzene rings is 2. The molecule has 4 aromatic rings. The number of fused-ring (bicyclic) bond motifs is 1. The molecule has 0 fully saturated rings. The van der Waals surface area contributed by atoms with Gasteiger partial charge in [-0.25, -0.2) is 14.4 Å². The molecule has 7 heteroatoms. The van der Waals surface area contributed by atoms with E-state index in [0.29, 0.717) is 17.2 Å². The Hall–Kier alpha value is -3.32. The van der Waals surface area contributed by atoms with Gasteiger partial charge in [0.25, 0.3) is 0 Å². The number of nitrogens with one attached hydrogen (secondary N) is 2. The van der Waals surface area contributed by atoms with E-state index in [4.69, 9.17) is 1.37 Å². The highest BCUT2D eigenvalue weighted by molar-refractivity contribution is 5.90. The summed E-state index contributed by atoms with van der Waals surface area (Å²) in [4.78, 5) is 8.71. The number of aromatic nitrogens is 4. The number of hydrogen-bond donors (Lipinski definition) is 3. The smallest absolute Gasteiger partial charge is 0.164 e. The van der Waals surface area contributed by atoms with Gasteiger partial charge in [-0.1, -0.05) is 24.3 Å². The van der Waals surface area contributed by atoms with Gasteiger partial charge in [0, 0.05) is 17.1 Å². The van der Waals surface area contributed by atoms with Crippen LogP contribution in [0.25, 0.3) is 10.9 Å². The van der Waals surface area contributed by atoms with Gasteiger partial charge >= 0.3 is 0 Å². The molecule has 2 aromatic carbocycles. The topological polar surface area (TPSA) is 86.7 Å². The SMILES string of the molecule is [2H]C(O)(c1ccc(F)cc1)c1nc(Nc2cc(C)[nH]n2)c2ccccc2n1. The van der Waals surface area contributed by atoms with Crippen LogP contribution in [0.1, 0.15) is 24.5 Å². The average molecular weight is 350 g/mol. The standard InChI is InChI=1S/C19H16FN5O/c1-11-10-16(25-24-11)22-18-14-4-2-3-5-15(14)21-19(23-18)17(26)12-6-8-13(20)9-7-12/h2-10,17,26H,1H3,(H2,21,22,23,24,25)/i17D. The monoisotopic (exact) mass is 350 g/mol. The van der Waals surface area contributed by atoms with Gasteiger partial charge in [0.1, 0.15) is 17.7 Å². The zero-order valence-corrected chi connectivity index (χ0v) is 13.9. The number of aromatic amines is 1. The summed E-state index contributed by atoms with van der Waals surface area (Å²) >= 11 is 0. The second kappa shape index (κ2) is 6.53. The van der Waals surface area contributed by atoms with Crippen molar-refractivity contribution in [1.29, 1.82) is 0 Å². The Morgan fingerprint density at radius 3 is 2.65 bits per heavy atom. The minimum Gasteiger partial charge on any atom is -0.380 e. The molecule has 0 saturated heterocycles. The van der Waals surface area contributed by atoms with Gasteiger partial charge in [-0.15, -0.1) is 0 Å². The van der Waals surface area contributed by atoms with Crippen molar-refractivity contribution in [2.75, 3.05) is 5.32 Å². The number of H-pyrrole nitrogens is 1. The third-order valence-electron chi connectivity index (χ3n) is 3.89. The van der Waals surface area contributed by atoms with Crippen molar-refractivity contribution < 1.29 is 10.9 Å². The molecule has 4 rings (SSSR count). The van der Waals surface area contributed by atoms with Crippen LogP contribution in [0, 0.1) is 12.7 Å². The molecular weight excluding hydrogens is 333 g/mol. The summed E-state index contributed by atoms with van der Waals surface area (Å²) < 4.78 is 21.6. The van der Waals surface area contributed by atoms with Crippen LogP contribution in [0.5, 0.6) is 0 Å². The Morgan fingerprint density at radius 2 is 1.92 bits per heavy atom. The normalized spacial score (nSPS) is 14.0. The molecule has 0 aliphatic rings. The van der Waals surface area contributed by atoms with Gasteiger partial charge in [-0.3, -0.25) is 5.10 Å². The Bertz CT molecular complexity index is 1110. The van der Waals surface area contributed by atoms with E-state index >= 15 is 0 Å². The molecule has 3 N–H and O–H groups in total. The van der Waals surface area contributed by atoms with Crippen molar-refractivity contribution in [2.45, 2.75) is 13.0 Å². The number of anilines is 2. The summed E-state index contributed by atoms with van der Waals surface area (Å²) in [5.74, 6) is 0.389. The van der Waals surface area contributed by atoms with E-state index in [2.05, 4.69) is 25.5 Å². The first-order valence-electron chi connectivity index (χ1n) is 8.48. The maximum Gasteiger partial charge on any atom is 0.164 e. The summed E-state index contributed by atoms with van der Waals surface area (Å²) in [5, 5.41) is 21.5. The maximum atomic E-state index is 13.2. The Morgan fingerprint density at radius 1 is 1.15 bits per heavy atom.